The molecule has 1 aromatic rings. The zero-order chi connectivity index (χ0) is 17.8. The molecular weight excluding hydrogens is 324 g/mol. The van der Waals surface area contributed by atoms with Gasteiger partial charge in [-0.25, -0.2) is 8.42 Å². The highest BCUT2D eigenvalue weighted by Crippen LogP contribution is 2.25. The van der Waals surface area contributed by atoms with Crippen molar-refractivity contribution in [2.75, 3.05) is 46.4 Å². The molecule has 0 aromatic heterocycles. The maximum atomic E-state index is 12.8. The van der Waals surface area contributed by atoms with Crippen molar-refractivity contribution in [1.82, 2.24) is 9.21 Å². The second-order valence-corrected chi connectivity index (χ2v) is 9.30. The van der Waals surface area contributed by atoms with E-state index in [1.54, 1.807) is 23.5 Å². The van der Waals surface area contributed by atoms with Gasteiger partial charge in [0.25, 0.3) is 0 Å². The molecule has 0 radical (unpaired) electrons. The molecule has 0 bridgehead atoms. The Balaban J connectivity index is 1.99. The predicted octanol–water partition coefficient (Wildman–Crippen LogP) is 2.33. The largest absolute Gasteiger partial charge is 0.385 e. The number of rotatable bonds is 6. The minimum atomic E-state index is -3.39. The average molecular weight is 355 g/mol. The standard InChI is InChI=1S/C18H30N2O3S/c1-18(2,3)16-6-8-17(9-7-16)24(21,22)20-13-11-19(12-14-20)10-5-15-23-4/h6-9H,5,10-15H2,1-4H3. The fourth-order valence-corrected chi connectivity index (χ4v) is 4.32. The Labute approximate surface area is 146 Å². The summed E-state index contributed by atoms with van der Waals surface area (Å²) >= 11 is 0. The zero-order valence-electron chi connectivity index (χ0n) is 15.3. The number of methoxy groups -OCH3 is 1. The van der Waals surface area contributed by atoms with Gasteiger partial charge >= 0.3 is 0 Å². The van der Waals surface area contributed by atoms with Crippen LogP contribution in [0.3, 0.4) is 0 Å². The van der Waals surface area contributed by atoms with Crippen molar-refractivity contribution in [3.05, 3.63) is 29.8 Å². The van der Waals surface area contributed by atoms with Crippen molar-refractivity contribution in [2.45, 2.75) is 37.5 Å². The van der Waals surface area contributed by atoms with Crippen molar-refractivity contribution in [3.63, 3.8) is 0 Å². The number of sulfonamides is 1. The highest BCUT2D eigenvalue weighted by molar-refractivity contribution is 7.89. The molecule has 24 heavy (non-hydrogen) atoms. The first-order valence-electron chi connectivity index (χ1n) is 8.57. The van der Waals surface area contributed by atoms with Gasteiger partial charge in [-0.15, -0.1) is 0 Å². The highest BCUT2D eigenvalue weighted by Gasteiger charge is 2.28. The van der Waals surface area contributed by atoms with E-state index in [9.17, 15) is 8.42 Å². The van der Waals surface area contributed by atoms with Gasteiger partial charge in [0.1, 0.15) is 0 Å². The zero-order valence-corrected chi connectivity index (χ0v) is 16.1. The van der Waals surface area contributed by atoms with Gasteiger partial charge in [0, 0.05) is 46.4 Å². The van der Waals surface area contributed by atoms with E-state index in [1.165, 1.54) is 0 Å². The Morgan fingerprint density at radius 3 is 2.12 bits per heavy atom. The summed E-state index contributed by atoms with van der Waals surface area (Å²) in [7, 11) is -1.69. The van der Waals surface area contributed by atoms with Crippen molar-refractivity contribution < 1.29 is 13.2 Å². The number of hydrogen-bond donors (Lipinski definition) is 0. The minimum Gasteiger partial charge on any atom is -0.385 e. The molecule has 0 atom stereocenters. The maximum absolute atomic E-state index is 12.8. The monoisotopic (exact) mass is 354 g/mol. The normalized spacial score (nSPS) is 18.0. The molecule has 6 heteroatoms. The van der Waals surface area contributed by atoms with Crippen LogP contribution in [0.2, 0.25) is 0 Å². The first kappa shape index (κ1) is 19.4. The molecule has 1 saturated heterocycles. The fourth-order valence-electron chi connectivity index (χ4n) is 2.90. The topological polar surface area (TPSA) is 49.9 Å². The molecule has 1 fully saturated rings. The number of nitrogens with zero attached hydrogens (tertiary/aromatic N) is 2. The minimum absolute atomic E-state index is 0.0239. The molecule has 0 saturated carbocycles. The Morgan fingerprint density at radius 2 is 1.62 bits per heavy atom. The van der Waals surface area contributed by atoms with E-state index < -0.39 is 10.0 Å². The summed E-state index contributed by atoms with van der Waals surface area (Å²) in [5.41, 5.74) is 1.17. The maximum Gasteiger partial charge on any atom is 0.243 e. The van der Waals surface area contributed by atoms with Gasteiger partial charge in [-0.1, -0.05) is 32.9 Å². The molecule has 2 rings (SSSR count). The van der Waals surface area contributed by atoms with Crippen LogP contribution in [0.5, 0.6) is 0 Å². The SMILES string of the molecule is COCCCN1CCN(S(=O)(=O)c2ccc(C(C)(C)C)cc2)CC1. The van der Waals surface area contributed by atoms with Crippen LogP contribution in [0.25, 0.3) is 0 Å². The van der Waals surface area contributed by atoms with E-state index >= 15 is 0 Å². The second-order valence-electron chi connectivity index (χ2n) is 7.37. The second kappa shape index (κ2) is 7.95. The van der Waals surface area contributed by atoms with Gasteiger partial charge in [-0.2, -0.15) is 4.31 Å². The van der Waals surface area contributed by atoms with Crippen LogP contribution in [0.1, 0.15) is 32.8 Å². The van der Waals surface area contributed by atoms with E-state index in [4.69, 9.17) is 4.74 Å². The summed E-state index contributed by atoms with van der Waals surface area (Å²) in [6.45, 7) is 10.7. The van der Waals surface area contributed by atoms with Crippen LogP contribution in [0, 0.1) is 0 Å². The van der Waals surface area contributed by atoms with Gasteiger partial charge in [0.2, 0.25) is 10.0 Å². The number of benzene rings is 1. The molecule has 0 N–H and O–H groups in total. The third kappa shape index (κ3) is 4.79. The number of ether oxygens (including phenoxy) is 1. The number of piperazine rings is 1. The third-order valence-electron chi connectivity index (χ3n) is 4.51. The third-order valence-corrected chi connectivity index (χ3v) is 6.43. The molecule has 1 aromatic carbocycles. The first-order valence-corrected chi connectivity index (χ1v) is 10.0. The van der Waals surface area contributed by atoms with Crippen LogP contribution in [-0.2, 0) is 20.2 Å². The van der Waals surface area contributed by atoms with Crippen LogP contribution >= 0.6 is 0 Å². The molecule has 0 unspecified atom stereocenters. The van der Waals surface area contributed by atoms with Crippen LogP contribution < -0.4 is 0 Å². The molecule has 5 nitrogen and oxygen atoms in total. The lowest BCUT2D eigenvalue weighted by Crippen LogP contribution is -2.48. The first-order chi connectivity index (χ1) is 11.2. The Morgan fingerprint density at radius 1 is 1.04 bits per heavy atom. The molecular formula is C18H30N2O3S. The van der Waals surface area contributed by atoms with Gasteiger partial charge in [0.05, 0.1) is 4.90 Å². The summed E-state index contributed by atoms with van der Waals surface area (Å²) in [5.74, 6) is 0. The predicted molar refractivity (Wildman–Crippen MR) is 96.8 cm³/mol. The molecule has 0 spiro atoms. The van der Waals surface area contributed by atoms with Gasteiger partial charge in [0.15, 0.2) is 0 Å². The van der Waals surface area contributed by atoms with Gasteiger partial charge < -0.3 is 9.64 Å². The molecule has 0 amide bonds. The fraction of sp³-hybridized carbons (Fsp3) is 0.667. The summed E-state index contributed by atoms with van der Waals surface area (Å²) in [6.07, 6.45) is 0.984. The van der Waals surface area contributed by atoms with Crippen molar-refractivity contribution in [2.24, 2.45) is 0 Å². The quantitative estimate of drug-likeness (QED) is 0.736. The molecule has 1 aliphatic heterocycles. The lowest BCUT2D eigenvalue weighted by atomic mass is 9.87. The van der Waals surface area contributed by atoms with E-state index in [1.807, 2.05) is 12.1 Å². The van der Waals surface area contributed by atoms with Gasteiger partial charge in [-0.05, 0) is 29.5 Å². The van der Waals surface area contributed by atoms with Crippen LogP contribution in [-0.4, -0.2) is 64.1 Å². The summed E-state index contributed by atoms with van der Waals surface area (Å²) < 4.78 is 32.3. The average Bonchev–Trinajstić information content (AvgIpc) is 2.55. The van der Waals surface area contributed by atoms with E-state index in [0.29, 0.717) is 18.0 Å². The van der Waals surface area contributed by atoms with Crippen molar-refractivity contribution in [1.29, 1.82) is 0 Å². The highest BCUT2D eigenvalue weighted by atomic mass is 32.2. The Kier molecular flexibility index (Phi) is 6.42. The summed E-state index contributed by atoms with van der Waals surface area (Å²) in [4.78, 5) is 2.69. The van der Waals surface area contributed by atoms with Gasteiger partial charge in [-0.3, -0.25) is 0 Å². The summed E-state index contributed by atoms with van der Waals surface area (Å²) in [5, 5.41) is 0. The molecule has 136 valence electrons. The van der Waals surface area contributed by atoms with Crippen molar-refractivity contribution in [3.8, 4) is 0 Å². The molecule has 1 aliphatic rings. The van der Waals surface area contributed by atoms with E-state index in [2.05, 4.69) is 25.7 Å². The van der Waals surface area contributed by atoms with Crippen LogP contribution in [0.15, 0.2) is 29.2 Å². The lowest BCUT2D eigenvalue weighted by Gasteiger charge is -2.34. The van der Waals surface area contributed by atoms with E-state index in [-0.39, 0.29) is 5.41 Å². The van der Waals surface area contributed by atoms with E-state index in [0.717, 1.165) is 38.2 Å². The summed E-state index contributed by atoms with van der Waals surface area (Å²) in [6, 6.07) is 7.32. The van der Waals surface area contributed by atoms with Crippen LogP contribution in [0.4, 0.5) is 0 Å². The Hall–Kier alpha value is -0.950. The smallest absolute Gasteiger partial charge is 0.243 e. The molecule has 1 heterocycles. The lowest BCUT2D eigenvalue weighted by molar-refractivity contribution is 0.149. The Bertz CT molecular complexity index is 613. The molecule has 0 aliphatic carbocycles. The van der Waals surface area contributed by atoms with Crippen molar-refractivity contribution >= 4 is 10.0 Å². The number of hydrogen-bond acceptors (Lipinski definition) is 4.